The Hall–Kier alpha value is -3.08. The van der Waals surface area contributed by atoms with Crippen LogP contribution < -0.4 is 5.43 Å². The maximum atomic E-state index is 10.8. The van der Waals surface area contributed by atoms with Crippen LogP contribution in [0.25, 0.3) is 0 Å². The van der Waals surface area contributed by atoms with Crippen LogP contribution >= 0.6 is 15.9 Å². The summed E-state index contributed by atoms with van der Waals surface area (Å²) in [5.41, 5.74) is 1.88. The zero-order chi connectivity index (χ0) is 17.0. The number of halogens is 1. The molecule has 0 fully saturated rings. The standard InChI is InChI=1S/C12H8BrN5O5/c13-9-5-8(17(20)21)4-7(11(9)19)6-15-16-12-10(18(22)23)2-1-3-14-12/h1-6,19H,(H,14,16)/b15-6-. The first kappa shape index (κ1) is 16.3. The summed E-state index contributed by atoms with van der Waals surface area (Å²) in [6, 6.07) is 4.89. The van der Waals surface area contributed by atoms with E-state index in [1.807, 2.05) is 0 Å². The summed E-state index contributed by atoms with van der Waals surface area (Å²) in [5, 5.41) is 35.2. The van der Waals surface area contributed by atoms with Gasteiger partial charge in [0.15, 0.2) is 0 Å². The van der Waals surface area contributed by atoms with Crippen molar-refractivity contribution >= 4 is 39.3 Å². The molecule has 0 aliphatic rings. The van der Waals surface area contributed by atoms with Crippen molar-refractivity contribution in [2.75, 3.05) is 5.43 Å². The molecule has 0 saturated carbocycles. The third kappa shape index (κ3) is 3.77. The van der Waals surface area contributed by atoms with Gasteiger partial charge < -0.3 is 5.11 Å². The SMILES string of the molecule is O=[N+]([O-])c1cc(Br)c(O)c(/C=N\Nc2ncccc2[N+](=O)[O-])c1. The minimum atomic E-state index is -0.633. The number of hydrazone groups is 1. The van der Waals surface area contributed by atoms with Crippen molar-refractivity contribution < 1.29 is 15.0 Å². The van der Waals surface area contributed by atoms with Crippen LogP contribution in [0.1, 0.15) is 5.56 Å². The first-order valence-corrected chi connectivity index (χ1v) is 6.75. The maximum Gasteiger partial charge on any atom is 0.313 e. The van der Waals surface area contributed by atoms with E-state index in [9.17, 15) is 25.3 Å². The van der Waals surface area contributed by atoms with E-state index in [2.05, 4.69) is 31.4 Å². The van der Waals surface area contributed by atoms with Crippen LogP contribution in [0.4, 0.5) is 17.2 Å². The molecule has 0 aliphatic carbocycles. The molecule has 0 saturated heterocycles. The van der Waals surface area contributed by atoms with Gasteiger partial charge in [-0.3, -0.25) is 25.7 Å². The van der Waals surface area contributed by atoms with Gasteiger partial charge in [-0.15, -0.1) is 0 Å². The molecule has 10 nitrogen and oxygen atoms in total. The summed E-state index contributed by atoms with van der Waals surface area (Å²) in [5.74, 6) is -0.352. The van der Waals surface area contributed by atoms with Gasteiger partial charge in [0.05, 0.1) is 20.5 Å². The number of hydrogen-bond donors (Lipinski definition) is 2. The summed E-state index contributed by atoms with van der Waals surface area (Å²) in [7, 11) is 0. The van der Waals surface area contributed by atoms with Crippen molar-refractivity contribution in [3.8, 4) is 5.75 Å². The zero-order valence-corrected chi connectivity index (χ0v) is 12.8. The molecular formula is C12H8BrN5O5. The Kier molecular flexibility index (Phi) is 4.81. The van der Waals surface area contributed by atoms with Crippen LogP contribution in [0.3, 0.4) is 0 Å². The monoisotopic (exact) mass is 381 g/mol. The normalized spacial score (nSPS) is 10.7. The number of benzene rings is 1. The number of phenolic OH excluding ortho intramolecular Hbond substituents is 1. The fraction of sp³-hybridized carbons (Fsp3) is 0. The van der Waals surface area contributed by atoms with Gasteiger partial charge in [-0.05, 0) is 22.0 Å². The maximum absolute atomic E-state index is 10.8. The molecule has 1 aromatic carbocycles. The van der Waals surface area contributed by atoms with E-state index in [1.165, 1.54) is 18.3 Å². The highest BCUT2D eigenvalue weighted by Crippen LogP contribution is 2.31. The molecule has 0 bridgehead atoms. The summed E-state index contributed by atoms with van der Waals surface area (Å²) in [6.07, 6.45) is 2.43. The first-order chi connectivity index (χ1) is 10.9. The lowest BCUT2D eigenvalue weighted by Gasteiger charge is -2.03. The number of nitro benzene ring substituents is 1. The van der Waals surface area contributed by atoms with Gasteiger partial charge in [-0.1, -0.05) is 0 Å². The number of non-ortho nitro benzene ring substituents is 1. The molecule has 0 unspecified atom stereocenters. The van der Waals surface area contributed by atoms with E-state index >= 15 is 0 Å². The quantitative estimate of drug-likeness (QED) is 0.460. The fourth-order valence-electron chi connectivity index (χ4n) is 1.60. The molecule has 2 rings (SSSR count). The predicted octanol–water partition coefficient (Wildman–Crippen LogP) is 2.81. The van der Waals surface area contributed by atoms with Crippen LogP contribution in [0, 0.1) is 20.2 Å². The van der Waals surface area contributed by atoms with E-state index < -0.39 is 9.85 Å². The number of rotatable bonds is 5. The third-order valence-corrected chi connectivity index (χ3v) is 3.25. The number of nitrogens with zero attached hydrogens (tertiary/aromatic N) is 4. The second-order valence-corrected chi connectivity index (χ2v) is 4.98. The topological polar surface area (TPSA) is 144 Å². The van der Waals surface area contributed by atoms with Crippen LogP contribution in [-0.2, 0) is 0 Å². The van der Waals surface area contributed by atoms with Crippen molar-refractivity contribution in [3.63, 3.8) is 0 Å². The van der Waals surface area contributed by atoms with Crippen LogP contribution in [0.5, 0.6) is 5.75 Å². The van der Waals surface area contributed by atoms with Crippen LogP contribution in [0.15, 0.2) is 40.0 Å². The predicted molar refractivity (Wildman–Crippen MR) is 84.6 cm³/mol. The number of phenols is 1. The summed E-state index contributed by atoms with van der Waals surface area (Å²) >= 11 is 2.99. The molecule has 0 aliphatic heterocycles. The molecular weight excluding hydrogens is 374 g/mol. The average molecular weight is 382 g/mol. The molecule has 23 heavy (non-hydrogen) atoms. The van der Waals surface area contributed by atoms with Gasteiger partial charge in [-0.25, -0.2) is 4.98 Å². The number of nitro groups is 2. The highest BCUT2D eigenvalue weighted by Gasteiger charge is 2.15. The number of pyridine rings is 1. The zero-order valence-electron chi connectivity index (χ0n) is 11.2. The van der Waals surface area contributed by atoms with E-state index in [0.29, 0.717) is 0 Å². The third-order valence-electron chi connectivity index (χ3n) is 2.65. The molecule has 11 heteroatoms. The number of hydrogen-bond acceptors (Lipinski definition) is 8. The highest BCUT2D eigenvalue weighted by molar-refractivity contribution is 9.10. The largest absolute Gasteiger partial charge is 0.506 e. The first-order valence-electron chi connectivity index (χ1n) is 5.95. The molecule has 0 atom stereocenters. The highest BCUT2D eigenvalue weighted by atomic mass is 79.9. The molecule has 0 radical (unpaired) electrons. The second kappa shape index (κ2) is 6.79. The minimum Gasteiger partial charge on any atom is -0.506 e. The van der Waals surface area contributed by atoms with Gasteiger partial charge in [0, 0.05) is 30.0 Å². The Morgan fingerprint density at radius 3 is 2.70 bits per heavy atom. The summed E-state index contributed by atoms with van der Waals surface area (Å²) in [4.78, 5) is 24.1. The van der Waals surface area contributed by atoms with Crippen molar-refractivity contribution in [1.29, 1.82) is 0 Å². The lowest BCUT2D eigenvalue weighted by molar-refractivity contribution is -0.385. The van der Waals surface area contributed by atoms with Gasteiger partial charge in [0.2, 0.25) is 5.82 Å². The molecule has 1 aromatic heterocycles. The molecule has 118 valence electrons. The molecule has 0 amide bonds. The lowest BCUT2D eigenvalue weighted by atomic mass is 10.2. The van der Waals surface area contributed by atoms with E-state index in [4.69, 9.17) is 0 Å². The number of nitrogens with one attached hydrogen (secondary N) is 1. The van der Waals surface area contributed by atoms with Gasteiger partial charge in [0.1, 0.15) is 5.75 Å². The van der Waals surface area contributed by atoms with Crippen molar-refractivity contribution in [1.82, 2.24) is 4.98 Å². The van der Waals surface area contributed by atoms with E-state index in [0.717, 1.165) is 18.3 Å². The second-order valence-electron chi connectivity index (χ2n) is 4.12. The average Bonchev–Trinajstić information content (AvgIpc) is 2.51. The molecule has 1 heterocycles. The van der Waals surface area contributed by atoms with Gasteiger partial charge in [-0.2, -0.15) is 5.10 Å². The van der Waals surface area contributed by atoms with Crippen molar-refractivity contribution in [2.24, 2.45) is 5.10 Å². The number of anilines is 1. The lowest BCUT2D eigenvalue weighted by Crippen LogP contribution is -1.99. The van der Waals surface area contributed by atoms with Crippen molar-refractivity contribution in [3.05, 3.63) is 60.7 Å². The Bertz CT molecular complexity index is 810. The molecule has 2 aromatic rings. The van der Waals surface area contributed by atoms with E-state index in [1.54, 1.807) is 0 Å². The summed E-state index contributed by atoms with van der Waals surface area (Å²) < 4.78 is 0.122. The van der Waals surface area contributed by atoms with Crippen LogP contribution in [-0.4, -0.2) is 26.2 Å². The van der Waals surface area contributed by atoms with Gasteiger partial charge in [0.25, 0.3) is 5.69 Å². The van der Waals surface area contributed by atoms with Crippen molar-refractivity contribution in [2.45, 2.75) is 0 Å². The smallest absolute Gasteiger partial charge is 0.313 e. The Balaban J connectivity index is 2.28. The molecule has 0 spiro atoms. The molecule has 2 N–H and O–H groups in total. The Morgan fingerprint density at radius 2 is 2.04 bits per heavy atom. The van der Waals surface area contributed by atoms with Crippen LogP contribution in [0.2, 0.25) is 0 Å². The van der Waals surface area contributed by atoms with Gasteiger partial charge >= 0.3 is 5.69 Å². The fourth-order valence-corrected chi connectivity index (χ4v) is 2.07. The summed E-state index contributed by atoms with van der Waals surface area (Å²) in [6.45, 7) is 0. The number of aromatic nitrogens is 1. The minimum absolute atomic E-state index is 0.0529. The Labute approximate surface area is 136 Å². The Morgan fingerprint density at radius 1 is 1.30 bits per heavy atom. The van der Waals surface area contributed by atoms with E-state index in [-0.39, 0.29) is 33.0 Å². The number of aromatic hydroxyl groups is 1.